The third kappa shape index (κ3) is 1.63. The van der Waals surface area contributed by atoms with E-state index >= 15 is 0 Å². The predicted molar refractivity (Wildman–Crippen MR) is 54.7 cm³/mol. The van der Waals surface area contributed by atoms with Gasteiger partial charge in [-0.3, -0.25) is 4.79 Å². The van der Waals surface area contributed by atoms with Crippen molar-refractivity contribution in [3.63, 3.8) is 0 Å². The number of rotatable bonds is 1. The second kappa shape index (κ2) is 3.76. The Hall–Kier alpha value is -2.05. The summed E-state index contributed by atoms with van der Waals surface area (Å²) in [6, 6.07) is 0. The Bertz CT molecular complexity index is 577. The molecule has 3 heterocycles. The first-order chi connectivity index (χ1) is 8.25. The van der Waals surface area contributed by atoms with Gasteiger partial charge in [-0.15, -0.1) is 0 Å². The molecule has 3 rings (SSSR count). The van der Waals surface area contributed by atoms with E-state index in [0.717, 1.165) is 19.0 Å². The van der Waals surface area contributed by atoms with Gasteiger partial charge >= 0.3 is 0 Å². The van der Waals surface area contributed by atoms with Gasteiger partial charge in [-0.05, 0) is 12.8 Å². The number of carbonyl (C=O) groups excluding carboxylic acids is 1. The van der Waals surface area contributed by atoms with E-state index in [4.69, 9.17) is 4.52 Å². The summed E-state index contributed by atoms with van der Waals surface area (Å²) < 4.78 is 17.8. The maximum absolute atomic E-state index is 13.0. The van der Waals surface area contributed by atoms with Gasteiger partial charge in [0.2, 0.25) is 5.95 Å². The van der Waals surface area contributed by atoms with Gasteiger partial charge in [0, 0.05) is 13.1 Å². The molecule has 2 aromatic heterocycles. The summed E-state index contributed by atoms with van der Waals surface area (Å²) in [4.78, 5) is 21.0. The van der Waals surface area contributed by atoms with Crippen LogP contribution in [-0.2, 0) is 0 Å². The molecule has 0 N–H and O–H groups in total. The molecule has 1 aliphatic rings. The highest BCUT2D eigenvalue weighted by molar-refractivity contribution is 6.01. The molecule has 1 fully saturated rings. The van der Waals surface area contributed by atoms with E-state index < -0.39 is 5.95 Å². The molecule has 0 bridgehead atoms. The molecule has 7 heteroatoms. The first-order valence-corrected chi connectivity index (χ1v) is 5.33. The van der Waals surface area contributed by atoms with E-state index in [0.29, 0.717) is 13.1 Å². The number of likely N-dealkylation sites (tertiary alicyclic amines) is 1. The van der Waals surface area contributed by atoms with Gasteiger partial charge in [0.15, 0.2) is 11.2 Å². The molecule has 0 unspecified atom stereocenters. The van der Waals surface area contributed by atoms with E-state index in [9.17, 15) is 9.18 Å². The third-order valence-electron chi connectivity index (χ3n) is 2.75. The number of fused-ring (bicyclic) bond motifs is 1. The highest BCUT2D eigenvalue weighted by Crippen LogP contribution is 2.18. The minimum absolute atomic E-state index is 0.0360. The fourth-order valence-corrected chi connectivity index (χ4v) is 1.92. The second-order valence-corrected chi connectivity index (χ2v) is 3.88. The van der Waals surface area contributed by atoms with Crippen LogP contribution in [0.2, 0.25) is 0 Å². The van der Waals surface area contributed by atoms with Crippen molar-refractivity contribution >= 4 is 17.1 Å². The van der Waals surface area contributed by atoms with Crippen LogP contribution in [-0.4, -0.2) is 39.0 Å². The topological polar surface area (TPSA) is 72.1 Å². The quantitative estimate of drug-likeness (QED) is 0.738. The molecular formula is C10H9FN4O2. The molecule has 0 atom stereocenters. The zero-order valence-electron chi connectivity index (χ0n) is 8.89. The van der Waals surface area contributed by atoms with E-state index in [2.05, 4.69) is 15.1 Å². The van der Waals surface area contributed by atoms with E-state index in [1.165, 1.54) is 0 Å². The Balaban J connectivity index is 2.04. The van der Waals surface area contributed by atoms with Crippen LogP contribution in [0, 0.1) is 5.95 Å². The standard InChI is InChI=1S/C10H9FN4O2/c11-6-5-12-9-7(13-6)8(14-17-9)10(16)15-3-1-2-4-15/h5H,1-4H2. The first-order valence-electron chi connectivity index (χ1n) is 5.33. The van der Waals surface area contributed by atoms with Crippen LogP contribution in [0.4, 0.5) is 4.39 Å². The van der Waals surface area contributed by atoms with E-state index in [1.807, 2.05) is 0 Å². The number of halogens is 1. The number of hydrogen-bond donors (Lipinski definition) is 0. The summed E-state index contributed by atoms with van der Waals surface area (Å²) in [5.74, 6) is -1.03. The van der Waals surface area contributed by atoms with Crippen LogP contribution in [0.1, 0.15) is 23.3 Å². The van der Waals surface area contributed by atoms with Crippen LogP contribution < -0.4 is 0 Å². The lowest BCUT2D eigenvalue weighted by molar-refractivity contribution is 0.0784. The Morgan fingerprint density at radius 2 is 2.18 bits per heavy atom. The number of nitrogens with zero attached hydrogens (tertiary/aromatic N) is 4. The van der Waals surface area contributed by atoms with Gasteiger partial charge in [-0.25, -0.2) is 9.97 Å². The van der Waals surface area contributed by atoms with Crippen molar-refractivity contribution in [2.45, 2.75) is 12.8 Å². The minimum atomic E-state index is -0.754. The van der Waals surface area contributed by atoms with E-state index in [1.54, 1.807) is 4.90 Å². The van der Waals surface area contributed by atoms with Crippen LogP contribution in [0.25, 0.3) is 11.2 Å². The molecule has 1 amide bonds. The van der Waals surface area contributed by atoms with Gasteiger partial charge in [-0.2, -0.15) is 4.39 Å². The molecule has 0 aromatic carbocycles. The summed E-state index contributed by atoms with van der Waals surface area (Å²) in [6.45, 7) is 1.38. The van der Waals surface area contributed by atoms with Crippen molar-refractivity contribution in [1.29, 1.82) is 0 Å². The van der Waals surface area contributed by atoms with E-state index in [-0.39, 0.29) is 22.8 Å². The molecule has 1 aliphatic heterocycles. The minimum Gasteiger partial charge on any atom is -0.337 e. The molecule has 2 aromatic rings. The molecule has 17 heavy (non-hydrogen) atoms. The van der Waals surface area contributed by atoms with Crippen molar-refractivity contribution in [2.75, 3.05) is 13.1 Å². The summed E-state index contributed by atoms with van der Waals surface area (Å²) in [5.41, 5.74) is 0.199. The fraction of sp³-hybridized carbons (Fsp3) is 0.400. The average molecular weight is 236 g/mol. The Morgan fingerprint density at radius 1 is 1.41 bits per heavy atom. The monoisotopic (exact) mass is 236 g/mol. The third-order valence-corrected chi connectivity index (χ3v) is 2.75. The Labute approximate surface area is 95.4 Å². The number of aromatic nitrogens is 3. The predicted octanol–water partition coefficient (Wildman–Crippen LogP) is 0.993. The lowest BCUT2D eigenvalue weighted by Crippen LogP contribution is -2.28. The molecule has 0 saturated carbocycles. The number of hydrogen-bond acceptors (Lipinski definition) is 5. The molecular weight excluding hydrogens is 227 g/mol. The zero-order valence-corrected chi connectivity index (χ0v) is 8.89. The number of amides is 1. The SMILES string of the molecule is O=C(c1noc2ncc(F)nc12)N1CCCC1. The van der Waals surface area contributed by atoms with Crippen molar-refractivity contribution in [2.24, 2.45) is 0 Å². The highest BCUT2D eigenvalue weighted by Gasteiger charge is 2.26. The summed E-state index contributed by atoms with van der Waals surface area (Å²) >= 11 is 0. The zero-order chi connectivity index (χ0) is 11.8. The van der Waals surface area contributed by atoms with Gasteiger partial charge < -0.3 is 9.42 Å². The van der Waals surface area contributed by atoms with Gasteiger partial charge in [-0.1, -0.05) is 5.16 Å². The van der Waals surface area contributed by atoms with Crippen molar-refractivity contribution in [1.82, 2.24) is 20.0 Å². The Kier molecular flexibility index (Phi) is 2.24. The fourth-order valence-electron chi connectivity index (χ4n) is 1.92. The van der Waals surface area contributed by atoms with Crippen LogP contribution >= 0.6 is 0 Å². The molecule has 6 nitrogen and oxygen atoms in total. The molecule has 0 spiro atoms. The average Bonchev–Trinajstić information content (AvgIpc) is 2.97. The smallest absolute Gasteiger partial charge is 0.278 e. The lowest BCUT2D eigenvalue weighted by atomic mass is 10.3. The largest absolute Gasteiger partial charge is 0.337 e. The Morgan fingerprint density at radius 3 is 2.94 bits per heavy atom. The van der Waals surface area contributed by atoms with Crippen molar-refractivity contribution < 1.29 is 13.7 Å². The molecule has 0 radical (unpaired) electrons. The summed E-state index contributed by atoms with van der Waals surface area (Å²) in [6.07, 6.45) is 2.88. The lowest BCUT2D eigenvalue weighted by Gasteiger charge is -2.12. The van der Waals surface area contributed by atoms with Crippen LogP contribution in [0.3, 0.4) is 0 Å². The molecule has 1 saturated heterocycles. The van der Waals surface area contributed by atoms with Crippen molar-refractivity contribution in [3.8, 4) is 0 Å². The molecule has 0 aliphatic carbocycles. The summed E-state index contributed by atoms with van der Waals surface area (Å²) in [7, 11) is 0. The second-order valence-electron chi connectivity index (χ2n) is 3.88. The first kappa shape index (κ1) is 10.1. The highest BCUT2D eigenvalue weighted by atomic mass is 19.1. The normalized spacial score (nSPS) is 15.7. The molecule has 88 valence electrons. The van der Waals surface area contributed by atoms with Gasteiger partial charge in [0.05, 0.1) is 6.20 Å². The van der Waals surface area contributed by atoms with Crippen LogP contribution in [0.15, 0.2) is 10.7 Å². The number of carbonyl (C=O) groups is 1. The maximum Gasteiger partial charge on any atom is 0.278 e. The van der Waals surface area contributed by atoms with Gasteiger partial charge in [0.1, 0.15) is 0 Å². The summed E-state index contributed by atoms with van der Waals surface area (Å²) in [5, 5.41) is 3.62. The van der Waals surface area contributed by atoms with Crippen molar-refractivity contribution in [3.05, 3.63) is 17.8 Å². The van der Waals surface area contributed by atoms with Crippen LogP contribution in [0.5, 0.6) is 0 Å². The maximum atomic E-state index is 13.0. The van der Waals surface area contributed by atoms with Gasteiger partial charge in [0.25, 0.3) is 11.6 Å².